The van der Waals surface area contributed by atoms with Crippen LogP contribution in [-0.2, 0) is 0 Å². The number of methoxy groups -OCH3 is 1. The Bertz CT molecular complexity index is 502. The second-order valence-corrected chi connectivity index (χ2v) is 3.06. The first kappa shape index (κ1) is 9.45. The maximum absolute atomic E-state index is 11.1. The van der Waals surface area contributed by atoms with Gasteiger partial charge in [0, 0.05) is 6.07 Å². The van der Waals surface area contributed by atoms with Gasteiger partial charge in [-0.3, -0.25) is 9.89 Å². The van der Waals surface area contributed by atoms with Crippen molar-refractivity contribution in [2.24, 2.45) is 0 Å². The molecule has 1 N–H and O–H groups in total. The summed E-state index contributed by atoms with van der Waals surface area (Å²) >= 11 is 0. The van der Waals surface area contributed by atoms with Crippen LogP contribution in [-0.4, -0.2) is 17.3 Å². The number of hydrogen-bond acceptors (Lipinski definition) is 3. The molecule has 2 rings (SSSR count). The molecule has 0 aliphatic carbocycles. The number of nitrogens with one attached hydrogen (secondary N) is 1. The number of aromatic amines is 1. The minimum atomic E-state index is -0.112. The summed E-state index contributed by atoms with van der Waals surface area (Å²) in [5.41, 5.74) is 1.49. The first-order valence-electron chi connectivity index (χ1n) is 4.49. The van der Waals surface area contributed by atoms with Gasteiger partial charge in [-0.2, -0.15) is 5.10 Å². The Labute approximate surface area is 86.5 Å². The highest BCUT2D eigenvalue weighted by Gasteiger charge is 1.99. The maximum atomic E-state index is 11.1. The lowest BCUT2D eigenvalue weighted by Crippen LogP contribution is -2.01. The standard InChI is InChI=1S/C11H10N2O2/c1-15-10-4-2-8(3-5-10)11-6-9(14)7-12-13-11/h2-7H,1H3,(H,13,14). The van der Waals surface area contributed by atoms with Crippen molar-refractivity contribution in [2.45, 2.75) is 0 Å². The van der Waals surface area contributed by atoms with E-state index in [1.807, 2.05) is 24.3 Å². The molecule has 4 nitrogen and oxygen atoms in total. The van der Waals surface area contributed by atoms with Crippen LogP contribution in [0, 0.1) is 0 Å². The van der Waals surface area contributed by atoms with Gasteiger partial charge in [0.05, 0.1) is 19.0 Å². The lowest BCUT2D eigenvalue weighted by atomic mass is 10.1. The maximum Gasteiger partial charge on any atom is 0.200 e. The minimum absolute atomic E-state index is 0.112. The molecular formula is C11H10N2O2. The molecule has 0 saturated carbocycles. The second-order valence-electron chi connectivity index (χ2n) is 3.06. The van der Waals surface area contributed by atoms with Crippen LogP contribution in [0.3, 0.4) is 0 Å². The van der Waals surface area contributed by atoms with Crippen LogP contribution in [0.4, 0.5) is 0 Å². The Hall–Kier alpha value is -2.10. The Morgan fingerprint density at radius 1 is 1.27 bits per heavy atom. The van der Waals surface area contributed by atoms with Crippen LogP contribution >= 0.6 is 0 Å². The van der Waals surface area contributed by atoms with Crippen molar-refractivity contribution in [3.63, 3.8) is 0 Å². The van der Waals surface area contributed by atoms with E-state index < -0.39 is 0 Å². The first-order valence-corrected chi connectivity index (χ1v) is 4.49. The number of H-pyrrole nitrogens is 1. The summed E-state index contributed by atoms with van der Waals surface area (Å²) in [7, 11) is 1.61. The van der Waals surface area contributed by atoms with Crippen molar-refractivity contribution in [1.82, 2.24) is 10.2 Å². The van der Waals surface area contributed by atoms with E-state index >= 15 is 0 Å². The Kier molecular flexibility index (Phi) is 2.49. The smallest absolute Gasteiger partial charge is 0.200 e. The molecule has 76 valence electrons. The van der Waals surface area contributed by atoms with Crippen LogP contribution in [0.1, 0.15) is 0 Å². The molecular weight excluding hydrogens is 192 g/mol. The summed E-state index contributed by atoms with van der Waals surface area (Å²) in [4.78, 5) is 11.1. The van der Waals surface area contributed by atoms with E-state index in [2.05, 4.69) is 10.2 Å². The van der Waals surface area contributed by atoms with Crippen molar-refractivity contribution < 1.29 is 4.74 Å². The fraction of sp³-hybridized carbons (Fsp3) is 0.0909. The van der Waals surface area contributed by atoms with Crippen molar-refractivity contribution in [3.05, 3.63) is 46.8 Å². The number of aromatic nitrogens is 2. The normalized spacial score (nSPS) is 9.93. The molecule has 15 heavy (non-hydrogen) atoms. The third-order valence-electron chi connectivity index (χ3n) is 2.06. The molecule has 0 aliphatic heterocycles. The lowest BCUT2D eigenvalue weighted by Gasteiger charge is -2.02. The van der Waals surface area contributed by atoms with Gasteiger partial charge >= 0.3 is 0 Å². The fourth-order valence-electron chi connectivity index (χ4n) is 1.30. The first-order chi connectivity index (χ1) is 7.29. The molecule has 0 aliphatic rings. The highest BCUT2D eigenvalue weighted by molar-refractivity contribution is 5.59. The zero-order chi connectivity index (χ0) is 10.7. The third kappa shape index (κ3) is 2.04. The molecule has 4 heteroatoms. The summed E-state index contributed by atoms with van der Waals surface area (Å²) in [5.74, 6) is 0.782. The van der Waals surface area contributed by atoms with Gasteiger partial charge in [0.2, 0.25) is 5.43 Å². The second kappa shape index (κ2) is 3.96. The van der Waals surface area contributed by atoms with Gasteiger partial charge in [-0.1, -0.05) is 0 Å². The van der Waals surface area contributed by atoms with Crippen LogP contribution in [0.2, 0.25) is 0 Å². The molecule has 0 radical (unpaired) electrons. The molecule has 0 spiro atoms. The Balaban J connectivity index is 2.41. The molecule has 1 aromatic heterocycles. The van der Waals surface area contributed by atoms with Crippen LogP contribution in [0.15, 0.2) is 41.3 Å². The third-order valence-corrected chi connectivity index (χ3v) is 2.06. The number of hydrogen-bond donors (Lipinski definition) is 1. The van der Waals surface area contributed by atoms with Gasteiger partial charge in [0.25, 0.3) is 0 Å². The van der Waals surface area contributed by atoms with E-state index in [1.54, 1.807) is 7.11 Å². The SMILES string of the molecule is COc1ccc(-c2cc(=O)cn[nH]2)cc1. The molecule has 0 fully saturated rings. The van der Waals surface area contributed by atoms with Crippen molar-refractivity contribution >= 4 is 0 Å². The van der Waals surface area contributed by atoms with Crippen molar-refractivity contribution in [3.8, 4) is 17.0 Å². The fourth-order valence-corrected chi connectivity index (χ4v) is 1.30. The van der Waals surface area contributed by atoms with Gasteiger partial charge < -0.3 is 4.74 Å². The highest BCUT2D eigenvalue weighted by Crippen LogP contribution is 2.18. The van der Waals surface area contributed by atoms with E-state index in [4.69, 9.17) is 4.74 Å². The Morgan fingerprint density at radius 3 is 2.60 bits per heavy atom. The molecule has 1 heterocycles. The molecule has 0 bridgehead atoms. The Morgan fingerprint density at radius 2 is 2.00 bits per heavy atom. The van der Waals surface area contributed by atoms with Gasteiger partial charge in [0.15, 0.2) is 0 Å². The summed E-state index contributed by atoms with van der Waals surface area (Å²) in [6.07, 6.45) is 1.24. The van der Waals surface area contributed by atoms with Gasteiger partial charge in [-0.15, -0.1) is 0 Å². The van der Waals surface area contributed by atoms with E-state index in [1.165, 1.54) is 12.3 Å². The largest absolute Gasteiger partial charge is 0.497 e. The van der Waals surface area contributed by atoms with Crippen molar-refractivity contribution in [2.75, 3.05) is 7.11 Å². The summed E-state index contributed by atoms with van der Waals surface area (Å²) in [5, 5.41) is 6.51. The number of ether oxygens (including phenoxy) is 1. The van der Waals surface area contributed by atoms with E-state index in [0.717, 1.165) is 11.3 Å². The van der Waals surface area contributed by atoms with Gasteiger partial charge in [0.1, 0.15) is 5.75 Å². The average Bonchev–Trinajstić information content (AvgIpc) is 2.29. The molecule has 0 amide bonds. The van der Waals surface area contributed by atoms with Crippen molar-refractivity contribution in [1.29, 1.82) is 0 Å². The summed E-state index contributed by atoms with van der Waals surface area (Å²) in [6.45, 7) is 0. The topological polar surface area (TPSA) is 55.0 Å². The van der Waals surface area contributed by atoms with Gasteiger partial charge in [-0.25, -0.2) is 0 Å². The molecule has 2 aromatic rings. The van der Waals surface area contributed by atoms with E-state index in [-0.39, 0.29) is 5.43 Å². The van der Waals surface area contributed by atoms with Crippen LogP contribution in [0.25, 0.3) is 11.3 Å². The highest BCUT2D eigenvalue weighted by atomic mass is 16.5. The van der Waals surface area contributed by atoms with E-state index in [9.17, 15) is 4.79 Å². The van der Waals surface area contributed by atoms with E-state index in [0.29, 0.717) is 5.69 Å². The summed E-state index contributed by atoms with van der Waals surface area (Å²) < 4.78 is 5.04. The lowest BCUT2D eigenvalue weighted by molar-refractivity contribution is 0.415. The number of benzene rings is 1. The zero-order valence-corrected chi connectivity index (χ0v) is 8.23. The van der Waals surface area contributed by atoms with Crippen LogP contribution in [0.5, 0.6) is 5.75 Å². The zero-order valence-electron chi connectivity index (χ0n) is 8.23. The predicted molar refractivity (Wildman–Crippen MR) is 56.8 cm³/mol. The van der Waals surface area contributed by atoms with Crippen LogP contribution < -0.4 is 10.2 Å². The monoisotopic (exact) mass is 202 g/mol. The minimum Gasteiger partial charge on any atom is -0.497 e. The predicted octanol–water partition coefficient (Wildman–Crippen LogP) is 1.45. The molecule has 0 saturated heterocycles. The quantitative estimate of drug-likeness (QED) is 0.801. The molecule has 0 unspecified atom stereocenters. The average molecular weight is 202 g/mol. The van der Waals surface area contributed by atoms with Gasteiger partial charge in [-0.05, 0) is 29.8 Å². The molecule has 0 atom stereocenters. The summed E-state index contributed by atoms with van der Waals surface area (Å²) in [6, 6.07) is 8.91. The molecule has 1 aromatic carbocycles. The number of nitrogens with zero attached hydrogens (tertiary/aromatic N) is 1. The number of rotatable bonds is 2.